The lowest BCUT2D eigenvalue weighted by molar-refractivity contribution is -0.192. The summed E-state index contributed by atoms with van der Waals surface area (Å²) in [6.45, 7) is 1.29. The molecule has 0 aliphatic carbocycles. The first-order valence-electron chi connectivity index (χ1n) is 4.74. The number of nitrogens with one attached hydrogen (secondary N) is 1. The second-order valence-electron chi connectivity index (χ2n) is 3.20. The Hall–Kier alpha value is -1.39. The van der Waals surface area contributed by atoms with Gasteiger partial charge in [0, 0.05) is 13.1 Å². The van der Waals surface area contributed by atoms with Crippen molar-refractivity contribution in [3.05, 3.63) is 0 Å². The predicted molar refractivity (Wildman–Crippen MR) is 53.0 cm³/mol. The van der Waals surface area contributed by atoms with Gasteiger partial charge >= 0.3 is 12.1 Å². The van der Waals surface area contributed by atoms with E-state index in [9.17, 15) is 13.2 Å². The molecule has 1 atom stereocenters. The van der Waals surface area contributed by atoms with Gasteiger partial charge in [0.1, 0.15) is 12.7 Å². The molecule has 0 saturated carbocycles. The maximum Gasteiger partial charge on any atom is 0.490 e. The molecule has 4 N–H and O–H groups in total. The number of alkyl halides is 3. The number of halogens is 3. The van der Waals surface area contributed by atoms with Gasteiger partial charge in [0.05, 0.1) is 12.3 Å². The molecule has 106 valence electrons. The molecule has 10 heteroatoms. The SMILES string of the molecule is O=C(O)C(F)(F)F.OCC(O)CON=C1CNC1. The van der Waals surface area contributed by atoms with E-state index in [4.69, 9.17) is 25.0 Å². The van der Waals surface area contributed by atoms with E-state index in [0.717, 1.165) is 18.8 Å². The lowest BCUT2D eigenvalue weighted by atomic mass is 10.2. The second-order valence-corrected chi connectivity index (χ2v) is 3.20. The third-order valence-corrected chi connectivity index (χ3v) is 1.57. The highest BCUT2D eigenvalue weighted by Gasteiger charge is 2.38. The molecule has 0 aromatic heterocycles. The van der Waals surface area contributed by atoms with Gasteiger partial charge in [0.25, 0.3) is 0 Å². The summed E-state index contributed by atoms with van der Waals surface area (Å²) in [7, 11) is 0. The van der Waals surface area contributed by atoms with Crippen molar-refractivity contribution in [3.63, 3.8) is 0 Å². The molecule has 18 heavy (non-hydrogen) atoms. The molecule has 0 spiro atoms. The zero-order valence-corrected chi connectivity index (χ0v) is 9.15. The van der Waals surface area contributed by atoms with E-state index < -0.39 is 18.2 Å². The van der Waals surface area contributed by atoms with Gasteiger partial charge in [0.15, 0.2) is 0 Å². The minimum Gasteiger partial charge on any atom is -0.475 e. The topological polar surface area (TPSA) is 111 Å². The van der Waals surface area contributed by atoms with Crippen molar-refractivity contribution >= 4 is 11.7 Å². The van der Waals surface area contributed by atoms with Gasteiger partial charge in [-0.3, -0.25) is 0 Å². The number of rotatable bonds is 4. The number of hydrogen-bond acceptors (Lipinski definition) is 6. The van der Waals surface area contributed by atoms with Crippen LogP contribution < -0.4 is 5.32 Å². The van der Waals surface area contributed by atoms with Gasteiger partial charge in [-0.25, -0.2) is 4.79 Å². The molecule has 0 amide bonds. The number of aliphatic carboxylic acids is 1. The van der Waals surface area contributed by atoms with Gasteiger partial charge in [0.2, 0.25) is 0 Å². The smallest absolute Gasteiger partial charge is 0.475 e. The number of carboxylic acid groups (broad SMARTS) is 1. The van der Waals surface area contributed by atoms with Gasteiger partial charge in [-0.15, -0.1) is 0 Å². The van der Waals surface area contributed by atoms with Crippen LogP contribution in [-0.4, -0.2) is 65.6 Å². The van der Waals surface area contributed by atoms with Crippen molar-refractivity contribution in [1.82, 2.24) is 5.32 Å². The fraction of sp³-hybridized carbons (Fsp3) is 0.750. The number of oxime groups is 1. The highest BCUT2D eigenvalue weighted by molar-refractivity contribution is 5.92. The fourth-order valence-corrected chi connectivity index (χ4v) is 0.569. The monoisotopic (exact) mass is 274 g/mol. The van der Waals surface area contributed by atoms with Crippen LogP contribution in [0.5, 0.6) is 0 Å². The van der Waals surface area contributed by atoms with E-state index in [1.807, 2.05) is 0 Å². The van der Waals surface area contributed by atoms with Crippen molar-refractivity contribution in [2.75, 3.05) is 26.3 Å². The first-order valence-corrected chi connectivity index (χ1v) is 4.74. The molecule has 1 aliphatic rings. The van der Waals surface area contributed by atoms with E-state index in [2.05, 4.69) is 10.5 Å². The number of aliphatic hydroxyl groups excluding tert-OH is 2. The van der Waals surface area contributed by atoms with Gasteiger partial charge in [-0.2, -0.15) is 13.2 Å². The standard InChI is InChI=1S/C6H12N2O3.C2HF3O2/c9-3-6(10)4-11-8-5-1-7-2-5;3-2(4,5)1(6)7/h6-7,9-10H,1-4H2;(H,6,7). The van der Waals surface area contributed by atoms with Crippen molar-refractivity contribution < 1.29 is 38.1 Å². The minimum atomic E-state index is -5.08. The van der Waals surface area contributed by atoms with Crippen molar-refractivity contribution in [2.24, 2.45) is 5.16 Å². The molecule has 0 bridgehead atoms. The molecule has 7 nitrogen and oxygen atoms in total. The molecule has 1 heterocycles. The summed E-state index contributed by atoms with van der Waals surface area (Å²) in [4.78, 5) is 13.6. The van der Waals surface area contributed by atoms with Gasteiger partial charge in [-0.1, -0.05) is 5.16 Å². The average Bonchev–Trinajstić information content (AvgIpc) is 2.20. The van der Waals surface area contributed by atoms with Crippen LogP contribution in [0.15, 0.2) is 5.16 Å². The number of hydrogen-bond donors (Lipinski definition) is 4. The van der Waals surface area contributed by atoms with E-state index in [0.29, 0.717) is 0 Å². The van der Waals surface area contributed by atoms with E-state index in [1.54, 1.807) is 0 Å². The Morgan fingerprint density at radius 1 is 1.50 bits per heavy atom. The molecular formula is C8H13F3N2O5. The highest BCUT2D eigenvalue weighted by Crippen LogP contribution is 2.13. The Kier molecular flexibility index (Phi) is 7.24. The molecule has 0 radical (unpaired) electrons. The number of aliphatic hydroxyl groups is 2. The molecule has 0 aromatic rings. The van der Waals surface area contributed by atoms with E-state index >= 15 is 0 Å². The number of carboxylic acids is 1. The maximum atomic E-state index is 10.6. The zero-order valence-electron chi connectivity index (χ0n) is 9.15. The molecule has 1 fully saturated rings. The third-order valence-electron chi connectivity index (χ3n) is 1.57. The first-order chi connectivity index (χ1) is 8.27. The summed E-state index contributed by atoms with van der Waals surface area (Å²) in [5, 5.41) is 31.0. The maximum absolute atomic E-state index is 10.6. The van der Waals surface area contributed by atoms with Crippen LogP contribution in [-0.2, 0) is 9.63 Å². The summed E-state index contributed by atoms with van der Waals surface area (Å²) in [5.41, 5.74) is 0.940. The second kappa shape index (κ2) is 7.84. The molecule has 1 rings (SSSR count). The summed E-state index contributed by atoms with van der Waals surface area (Å²) < 4.78 is 31.7. The van der Waals surface area contributed by atoms with Crippen molar-refractivity contribution in [3.8, 4) is 0 Å². The Morgan fingerprint density at radius 3 is 2.28 bits per heavy atom. The summed E-state index contributed by atoms with van der Waals surface area (Å²) in [6.07, 6.45) is -5.91. The molecule has 0 aromatic carbocycles. The summed E-state index contributed by atoms with van der Waals surface area (Å²) in [5.74, 6) is -2.76. The minimum absolute atomic E-state index is 0.0556. The van der Waals surface area contributed by atoms with Crippen LogP contribution in [0.3, 0.4) is 0 Å². The Balaban J connectivity index is 0.000000360. The van der Waals surface area contributed by atoms with Crippen LogP contribution in [0.1, 0.15) is 0 Å². The molecule has 1 unspecified atom stereocenters. The van der Waals surface area contributed by atoms with Gasteiger partial charge < -0.3 is 25.5 Å². The summed E-state index contributed by atoms with van der Waals surface area (Å²) in [6, 6.07) is 0. The molecule has 1 saturated heterocycles. The van der Waals surface area contributed by atoms with E-state index in [1.165, 1.54) is 0 Å². The Labute approximate surface area is 99.8 Å². The largest absolute Gasteiger partial charge is 0.490 e. The van der Waals surface area contributed by atoms with Crippen LogP contribution in [0, 0.1) is 0 Å². The Morgan fingerprint density at radius 2 is 2.00 bits per heavy atom. The van der Waals surface area contributed by atoms with Crippen molar-refractivity contribution in [2.45, 2.75) is 12.3 Å². The number of carbonyl (C=O) groups is 1. The van der Waals surface area contributed by atoms with Crippen LogP contribution >= 0.6 is 0 Å². The lowest BCUT2D eigenvalue weighted by Crippen LogP contribution is -2.42. The molecular weight excluding hydrogens is 261 g/mol. The quantitative estimate of drug-likeness (QED) is 0.487. The number of nitrogens with zero attached hydrogens (tertiary/aromatic N) is 1. The predicted octanol–water partition coefficient (Wildman–Crippen LogP) is -1.05. The van der Waals surface area contributed by atoms with Gasteiger partial charge in [-0.05, 0) is 0 Å². The van der Waals surface area contributed by atoms with Crippen molar-refractivity contribution in [1.29, 1.82) is 0 Å². The van der Waals surface area contributed by atoms with Crippen LogP contribution in [0.25, 0.3) is 0 Å². The summed E-state index contributed by atoms with van der Waals surface area (Å²) >= 11 is 0. The molecule has 1 aliphatic heterocycles. The first kappa shape index (κ1) is 16.6. The normalized spacial score (nSPS) is 15.9. The lowest BCUT2D eigenvalue weighted by Gasteiger charge is -2.16. The van der Waals surface area contributed by atoms with Crippen LogP contribution in [0.4, 0.5) is 13.2 Å². The zero-order chi connectivity index (χ0) is 14.2. The highest BCUT2D eigenvalue weighted by atomic mass is 19.4. The Bertz CT molecular complexity index is 289. The third kappa shape index (κ3) is 7.81. The van der Waals surface area contributed by atoms with Crippen LogP contribution in [0.2, 0.25) is 0 Å². The average molecular weight is 274 g/mol. The fourth-order valence-electron chi connectivity index (χ4n) is 0.569. The van der Waals surface area contributed by atoms with E-state index in [-0.39, 0.29) is 13.2 Å².